The summed E-state index contributed by atoms with van der Waals surface area (Å²) in [5, 5.41) is 10.2. The molecule has 0 aliphatic heterocycles. The van der Waals surface area contributed by atoms with Crippen LogP contribution >= 0.6 is 0 Å². The van der Waals surface area contributed by atoms with E-state index in [1.165, 1.54) is 12.1 Å². The molecule has 0 saturated carbocycles. The maximum atomic E-state index is 12.9. The molecule has 0 saturated heterocycles. The molecule has 0 spiro atoms. The molecule has 0 fully saturated rings. The van der Waals surface area contributed by atoms with E-state index in [-0.39, 0.29) is 17.9 Å². The summed E-state index contributed by atoms with van der Waals surface area (Å²) >= 11 is 0. The molecule has 4 aromatic rings. The zero-order valence-electron chi connectivity index (χ0n) is 15.5. The van der Waals surface area contributed by atoms with Gasteiger partial charge >= 0.3 is 11.8 Å². The molecule has 0 atom stereocenters. The van der Waals surface area contributed by atoms with Gasteiger partial charge in [0.1, 0.15) is 5.75 Å². The van der Waals surface area contributed by atoms with E-state index < -0.39 is 5.97 Å². The Morgan fingerprint density at radius 2 is 1.52 bits per heavy atom. The molecule has 5 heteroatoms. The van der Waals surface area contributed by atoms with Crippen molar-refractivity contribution in [2.24, 2.45) is 0 Å². The highest BCUT2D eigenvalue weighted by Gasteiger charge is 2.22. The van der Waals surface area contributed by atoms with E-state index in [0.29, 0.717) is 17.2 Å². The molecule has 1 N–H and O–H groups in total. The maximum Gasteiger partial charge on any atom is 0.374 e. The number of ether oxygens (including phenoxy) is 1. The van der Waals surface area contributed by atoms with Crippen LogP contribution in [0, 0.1) is 0 Å². The van der Waals surface area contributed by atoms with Crippen LogP contribution in [0.4, 0.5) is 0 Å². The molecule has 1 heterocycles. The number of Topliss-reactive ketones (excluding diaryl/α,β-unsaturated/α-hetero) is 1. The van der Waals surface area contributed by atoms with E-state index in [4.69, 9.17) is 4.74 Å². The fourth-order valence-corrected chi connectivity index (χ4v) is 3.17. The number of pyridine rings is 1. The molecule has 1 aromatic heterocycles. The van der Waals surface area contributed by atoms with Gasteiger partial charge < -0.3 is 9.84 Å². The van der Waals surface area contributed by atoms with Crippen LogP contribution in [0.25, 0.3) is 10.9 Å². The van der Waals surface area contributed by atoms with Crippen LogP contribution in [0.3, 0.4) is 0 Å². The first-order valence-corrected chi connectivity index (χ1v) is 9.13. The number of benzene rings is 3. The van der Waals surface area contributed by atoms with Crippen LogP contribution in [-0.4, -0.2) is 16.9 Å². The lowest BCUT2D eigenvalue weighted by molar-refractivity contribution is -0.661. The third kappa shape index (κ3) is 3.99. The molecular formula is C24H18NO4+. The van der Waals surface area contributed by atoms with Crippen LogP contribution in [0.15, 0.2) is 91.0 Å². The maximum absolute atomic E-state index is 12.9. The van der Waals surface area contributed by atoms with Crippen molar-refractivity contribution < 1.29 is 24.0 Å². The fourth-order valence-electron chi connectivity index (χ4n) is 3.17. The second-order valence-electron chi connectivity index (χ2n) is 6.54. The van der Waals surface area contributed by atoms with Crippen molar-refractivity contribution in [2.75, 3.05) is 0 Å². The van der Waals surface area contributed by atoms with Gasteiger partial charge in [-0.3, -0.25) is 4.79 Å². The second-order valence-corrected chi connectivity index (χ2v) is 6.54. The smallest absolute Gasteiger partial charge is 0.374 e. The van der Waals surface area contributed by atoms with Crippen molar-refractivity contribution in [2.45, 2.75) is 6.54 Å². The summed E-state index contributed by atoms with van der Waals surface area (Å²) < 4.78 is 7.80. The standard InChI is InChI=1S/C24H17NO4/c26-22(18-8-2-1-3-9-18)16-25-21-12-5-4-7-17(21)13-14-23(25)29-20-11-6-10-19(15-20)24(27)28/h1-15H,16H2/p+1. The van der Waals surface area contributed by atoms with Crippen molar-refractivity contribution in [3.8, 4) is 11.6 Å². The number of carbonyl (C=O) groups excluding carboxylic acids is 1. The molecule has 4 rings (SSSR count). The number of rotatable bonds is 6. The summed E-state index contributed by atoms with van der Waals surface area (Å²) in [6, 6.07) is 26.8. The number of nitrogens with zero attached hydrogens (tertiary/aromatic N) is 1. The third-order valence-corrected chi connectivity index (χ3v) is 4.60. The highest BCUT2D eigenvalue weighted by atomic mass is 16.5. The lowest BCUT2D eigenvalue weighted by Gasteiger charge is -2.09. The van der Waals surface area contributed by atoms with Gasteiger partial charge in [0.25, 0.3) is 0 Å². The summed E-state index contributed by atoms with van der Waals surface area (Å²) in [6.07, 6.45) is 0. The number of aromatic carboxylic acids is 1. The average Bonchev–Trinajstić information content (AvgIpc) is 2.76. The highest BCUT2D eigenvalue weighted by molar-refractivity contribution is 5.95. The van der Waals surface area contributed by atoms with Gasteiger partial charge in [-0.25, -0.2) is 4.79 Å². The van der Waals surface area contributed by atoms with Crippen molar-refractivity contribution in [3.63, 3.8) is 0 Å². The topological polar surface area (TPSA) is 67.5 Å². The van der Waals surface area contributed by atoms with Crippen molar-refractivity contribution in [1.82, 2.24) is 0 Å². The van der Waals surface area contributed by atoms with Crippen LogP contribution in [0.1, 0.15) is 20.7 Å². The first-order valence-electron chi connectivity index (χ1n) is 9.13. The average molecular weight is 384 g/mol. The van der Waals surface area contributed by atoms with Gasteiger partial charge in [-0.2, -0.15) is 4.57 Å². The number of ketones is 1. The van der Waals surface area contributed by atoms with E-state index in [1.807, 2.05) is 48.5 Å². The minimum absolute atomic E-state index is 0.0453. The molecule has 0 unspecified atom stereocenters. The molecule has 0 aliphatic carbocycles. The fraction of sp³-hybridized carbons (Fsp3) is 0.0417. The Morgan fingerprint density at radius 1 is 0.793 bits per heavy atom. The summed E-state index contributed by atoms with van der Waals surface area (Å²) in [7, 11) is 0. The van der Waals surface area contributed by atoms with E-state index in [0.717, 1.165) is 10.9 Å². The molecule has 29 heavy (non-hydrogen) atoms. The SMILES string of the molecule is O=C(O)c1cccc(Oc2ccc3ccccc3[n+]2CC(=O)c2ccccc2)c1. The summed E-state index contributed by atoms with van der Waals surface area (Å²) in [5.41, 5.74) is 1.60. The number of hydrogen-bond acceptors (Lipinski definition) is 3. The first-order chi connectivity index (χ1) is 14.1. The van der Waals surface area contributed by atoms with Gasteiger partial charge in [0.15, 0.2) is 0 Å². The Morgan fingerprint density at radius 3 is 2.31 bits per heavy atom. The van der Waals surface area contributed by atoms with Gasteiger partial charge in [0, 0.05) is 17.0 Å². The van der Waals surface area contributed by atoms with Crippen molar-refractivity contribution >= 4 is 22.7 Å². The van der Waals surface area contributed by atoms with Crippen LogP contribution in [-0.2, 0) is 6.54 Å². The van der Waals surface area contributed by atoms with E-state index >= 15 is 0 Å². The first kappa shape index (κ1) is 18.4. The molecular weight excluding hydrogens is 366 g/mol. The van der Waals surface area contributed by atoms with Crippen molar-refractivity contribution in [1.29, 1.82) is 0 Å². The predicted molar refractivity (Wildman–Crippen MR) is 108 cm³/mol. The lowest BCUT2D eigenvalue weighted by Crippen LogP contribution is -2.40. The van der Waals surface area contributed by atoms with Gasteiger partial charge in [0.2, 0.25) is 17.8 Å². The zero-order chi connectivity index (χ0) is 20.2. The Labute approximate surface area is 167 Å². The number of carboxylic acid groups (broad SMARTS) is 1. The zero-order valence-corrected chi connectivity index (χ0v) is 15.5. The largest absolute Gasteiger partial charge is 0.478 e. The number of fused-ring (bicyclic) bond motifs is 1. The lowest BCUT2D eigenvalue weighted by atomic mass is 10.1. The Balaban J connectivity index is 1.76. The summed E-state index contributed by atoms with van der Waals surface area (Å²) in [5.74, 6) is -0.228. The molecule has 0 radical (unpaired) electrons. The monoisotopic (exact) mass is 384 g/mol. The molecule has 5 nitrogen and oxygen atoms in total. The van der Waals surface area contributed by atoms with Gasteiger partial charge in [-0.1, -0.05) is 48.5 Å². The number of carboxylic acids is 1. The van der Waals surface area contributed by atoms with E-state index in [9.17, 15) is 14.7 Å². The minimum Gasteiger partial charge on any atom is -0.478 e. The Hall–Kier alpha value is -3.99. The van der Waals surface area contributed by atoms with E-state index in [1.54, 1.807) is 34.9 Å². The quantitative estimate of drug-likeness (QED) is 0.393. The number of aromatic nitrogens is 1. The normalized spacial score (nSPS) is 10.6. The molecule has 0 amide bonds. The highest BCUT2D eigenvalue weighted by Crippen LogP contribution is 2.22. The van der Waals surface area contributed by atoms with Crippen LogP contribution in [0.2, 0.25) is 0 Å². The predicted octanol–water partition coefficient (Wildman–Crippen LogP) is 4.50. The minimum atomic E-state index is -1.03. The molecule has 142 valence electrons. The number of para-hydroxylation sites is 1. The second kappa shape index (κ2) is 7.94. The third-order valence-electron chi connectivity index (χ3n) is 4.60. The van der Waals surface area contributed by atoms with Gasteiger partial charge in [0.05, 0.1) is 11.6 Å². The van der Waals surface area contributed by atoms with Gasteiger partial charge in [-0.05, 0) is 30.3 Å². The molecule has 0 bridgehead atoms. The van der Waals surface area contributed by atoms with Crippen LogP contribution < -0.4 is 9.30 Å². The Kier molecular flexibility index (Phi) is 5.03. The molecule has 0 aliphatic rings. The van der Waals surface area contributed by atoms with E-state index in [2.05, 4.69) is 0 Å². The van der Waals surface area contributed by atoms with Crippen LogP contribution in [0.5, 0.6) is 11.6 Å². The summed E-state index contributed by atoms with van der Waals surface area (Å²) in [6.45, 7) is 0.0965. The number of carbonyl (C=O) groups is 2. The van der Waals surface area contributed by atoms with Crippen molar-refractivity contribution in [3.05, 3.63) is 102 Å². The number of hydrogen-bond donors (Lipinski definition) is 1. The van der Waals surface area contributed by atoms with Gasteiger partial charge in [-0.15, -0.1) is 0 Å². The summed E-state index contributed by atoms with van der Waals surface area (Å²) in [4.78, 5) is 24.1. The molecule has 3 aromatic carbocycles. The Bertz CT molecular complexity index is 1200.